The second-order valence-electron chi connectivity index (χ2n) is 4.91. The molecule has 1 N–H and O–H groups in total. The molecule has 7 heteroatoms. The van der Waals surface area contributed by atoms with Gasteiger partial charge in [-0.05, 0) is 25.8 Å². The summed E-state index contributed by atoms with van der Waals surface area (Å²) in [6, 6.07) is 0. The van der Waals surface area contributed by atoms with E-state index in [2.05, 4.69) is 25.1 Å². The quantitative estimate of drug-likeness (QED) is 0.814. The summed E-state index contributed by atoms with van der Waals surface area (Å²) >= 11 is 0. The van der Waals surface area contributed by atoms with E-state index in [-0.39, 0.29) is 11.7 Å². The van der Waals surface area contributed by atoms with Gasteiger partial charge in [0.05, 0.1) is 0 Å². The Morgan fingerprint density at radius 1 is 1.25 bits per heavy atom. The predicted molar refractivity (Wildman–Crippen MR) is 71.2 cm³/mol. The molecule has 7 nitrogen and oxygen atoms in total. The van der Waals surface area contributed by atoms with E-state index in [1.54, 1.807) is 4.90 Å². The smallest absolute Gasteiger partial charge is 0.291 e. The van der Waals surface area contributed by atoms with Crippen molar-refractivity contribution < 1.29 is 4.79 Å². The summed E-state index contributed by atoms with van der Waals surface area (Å²) in [6.07, 6.45) is 2.87. The summed E-state index contributed by atoms with van der Waals surface area (Å²) < 4.78 is 0. The molecule has 0 aliphatic carbocycles. The molecular formula is C13H16N6O. The van der Waals surface area contributed by atoms with Crippen LogP contribution in [0.1, 0.15) is 33.4 Å². The van der Waals surface area contributed by atoms with Crippen molar-refractivity contribution in [2.24, 2.45) is 0 Å². The van der Waals surface area contributed by atoms with Crippen molar-refractivity contribution in [3.05, 3.63) is 34.9 Å². The maximum absolute atomic E-state index is 12.3. The first kappa shape index (κ1) is 12.7. The number of rotatable bonds is 1. The lowest BCUT2D eigenvalue weighted by Gasteiger charge is -2.18. The van der Waals surface area contributed by atoms with E-state index < -0.39 is 0 Å². The standard InChI is InChI=1S/C13H16N6O/c1-8-10-3-5-19(13(20)12-14-7-15-18-12)6-4-11(10)17-9(2)16-8/h7H,3-6H2,1-2H3,(H,14,15,18). The minimum atomic E-state index is -0.113. The molecule has 0 spiro atoms. The van der Waals surface area contributed by atoms with Crippen LogP contribution >= 0.6 is 0 Å². The minimum absolute atomic E-state index is 0.113. The normalized spacial score (nSPS) is 14.8. The molecule has 0 aromatic carbocycles. The first-order valence-electron chi connectivity index (χ1n) is 6.63. The summed E-state index contributed by atoms with van der Waals surface area (Å²) in [4.78, 5) is 26.9. The summed E-state index contributed by atoms with van der Waals surface area (Å²) in [5.74, 6) is 0.962. The van der Waals surface area contributed by atoms with E-state index in [9.17, 15) is 4.79 Å². The Morgan fingerprint density at radius 3 is 2.80 bits per heavy atom. The molecule has 1 aliphatic heterocycles. The van der Waals surface area contributed by atoms with Crippen LogP contribution in [0, 0.1) is 13.8 Å². The zero-order valence-electron chi connectivity index (χ0n) is 11.6. The van der Waals surface area contributed by atoms with Crippen molar-refractivity contribution in [1.29, 1.82) is 0 Å². The van der Waals surface area contributed by atoms with Crippen LogP contribution < -0.4 is 0 Å². The lowest BCUT2D eigenvalue weighted by Crippen LogP contribution is -2.34. The maximum atomic E-state index is 12.3. The van der Waals surface area contributed by atoms with Crippen molar-refractivity contribution in [1.82, 2.24) is 30.0 Å². The van der Waals surface area contributed by atoms with Crippen LogP contribution in [0.2, 0.25) is 0 Å². The first-order valence-corrected chi connectivity index (χ1v) is 6.63. The van der Waals surface area contributed by atoms with Gasteiger partial charge in [-0.2, -0.15) is 5.10 Å². The molecule has 2 aromatic rings. The van der Waals surface area contributed by atoms with Crippen molar-refractivity contribution in [3.8, 4) is 0 Å². The Balaban J connectivity index is 1.82. The maximum Gasteiger partial charge on any atom is 0.291 e. The fourth-order valence-corrected chi connectivity index (χ4v) is 2.60. The highest BCUT2D eigenvalue weighted by Crippen LogP contribution is 2.17. The van der Waals surface area contributed by atoms with Gasteiger partial charge in [-0.1, -0.05) is 0 Å². The molecule has 20 heavy (non-hydrogen) atoms. The lowest BCUT2D eigenvalue weighted by molar-refractivity contribution is 0.0751. The van der Waals surface area contributed by atoms with E-state index >= 15 is 0 Å². The Kier molecular flexibility index (Phi) is 3.17. The van der Waals surface area contributed by atoms with E-state index in [1.807, 2.05) is 13.8 Å². The summed E-state index contributed by atoms with van der Waals surface area (Å²) in [5.41, 5.74) is 3.24. The highest BCUT2D eigenvalue weighted by molar-refractivity contribution is 5.90. The van der Waals surface area contributed by atoms with Crippen LogP contribution in [0.25, 0.3) is 0 Å². The number of hydrogen-bond donors (Lipinski definition) is 1. The molecule has 1 amide bonds. The molecule has 2 aromatic heterocycles. The fraction of sp³-hybridized carbons (Fsp3) is 0.462. The van der Waals surface area contributed by atoms with Crippen LogP contribution in [-0.2, 0) is 12.8 Å². The van der Waals surface area contributed by atoms with Gasteiger partial charge in [0.1, 0.15) is 12.2 Å². The van der Waals surface area contributed by atoms with Gasteiger partial charge < -0.3 is 4.90 Å². The Morgan fingerprint density at radius 2 is 2.05 bits per heavy atom. The van der Waals surface area contributed by atoms with Gasteiger partial charge in [0.15, 0.2) is 0 Å². The second kappa shape index (κ2) is 4.99. The van der Waals surface area contributed by atoms with Crippen LogP contribution in [-0.4, -0.2) is 49.0 Å². The zero-order valence-corrected chi connectivity index (χ0v) is 11.6. The van der Waals surface area contributed by atoms with Gasteiger partial charge in [-0.3, -0.25) is 9.89 Å². The first-order chi connectivity index (χ1) is 9.65. The summed E-state index contributed by atoms with van der Waals surface area (Å²) in [6.45, 7) is 5.19. The average molecular weight is 272 g/mol. The van der Waals surface area contributed by atoms with Gasteiger partial charge in [0, 0.05) is 30.9 Å². The van der Waals surface area contributed by atoms with Crippen LogP contribution in [0.3, 0.4) is 0 Å². The molecule has 0 saturated heterocycles. The number of carbonyl (C=O) groups is 1. The number of hydrogen-bond acceptors (Lipinski definition) is 5. The predicted octanol–water partition coefficient (Wildman–Crippen LogP) is 0.453. The molecule has 0 saturated carbocycles. The van der Waals surface area contributed by atoms with Gasteiger partial charge in [-0.15, -0.1) is 0 Å². The third-order valence-electron chi connectivity index (χ3n) is 3.57. The molecule has 0 bridgehead atoms. The third-order valence-corrected chi connectivity index (χ3v) is 3.57. The molecule has 104 valence electrons. The fourth-order valence-electron chi connectivity index (χ4n) is 2.60. The number of nitrogens with one attached hydrogen (secondary N) is 1. The summed E-state index contributed by atoms with van der Waals surface area (Å²) in [5, 5.41) is 6.34. The van der Waals surface area contributed by atoms with Gasteiger partial charge in [-0.25, -0.2) is 15.0 Å². The average Bonchev–Trinajstić information content (AvgIpc) is 2.85. The number of carbonyl (C=O) groups excluding carboxylic acids is 1. The third kappa shape index (κ3) is 2.26. The number of aryl methyl sites for hydroxylation is 2. The molecular weight excluding hydrogens is 256 g/mol. The molecule has 3 heterocycles. The number of aromatic amines is 1. The molecule has 3 rings (SSSR count). The van der Waals surface area contributed by atoms with Gasteiger partial charge in [0.25, 0.3) is 5.91 Å². The largest absolute Gasteiger partial charge is 0.335 e. The number of H-pyrrole nitrogens is 1. The second-order valence-corrected chi connectivity index (χ2v) is 4.91. The molecule has 0 fully saturated rings. The number of aromatic nitrogens is 5. The summed E-state index contributed by atoms with van der Waals surface area (Å²) in [7, 11) is 0. The van der Waals surface area contributed by atoms with Crippen molar-refractivity contribution >= 4 is 5.91 Å². The molecule has 1 aliphatic rings. The SMILES string of the molecule is Cc1nc(C)c2c(n1)CCN(C(=O)c1ncn[nH]1)CC2. The molecule has 0 unspecified atom stereocenters. The Labute approximate surface area is 116 Å². The molecule has 0 atom stereocenters. The van der Waals surface area contributed by atoms with Crippen LogP contribution in [0.5, 0.6) is 0 Å². The minimum Gasteiger partial charge on any atom is -0.335 e. The van der Waals surface area contributed by atoms with Crippen molar-refractivity contribution in [2.45, 2.75) is 26.7 Å². The van der Waals surface area contributed by atoms with Crippen LogP contribution in [0.4, 0.5) is 0 Å². The topological polar surface area (TPSA) is 87.7 Å². The number of fused-ring (bicyclic) bond motifs is 1. The highest BCUT2D eigenvalue weighted by Gasteiger charge is 2.23. The lowest BCUT2D eigenvalue weighted by atomic mass is 10.1. The number of nitrogens with zero attached hydrogens (tertiary/aromatic N) is 5. The van der Waals surface area contributed by atoms with Crippen molar-refractivity contribution in [2.75, 3.05) is 13.1 Å². The highest BCUT2D eigenvalue weighted by atomic mass is 16.2. The van der Waals surface area contributed by atoms with E-state index in [1.165, 1.54) is 11.9 Å². The van der Waals surface area contributed by atoms with Gasteiger partial charge in [0.2, 0.25) is 5.82 Å². The van der Waals surface area contributed by atoms with E-state index in [4.69, 9.17) is 0 Å². The Bertz CT molecular complexity index is 637. The Hall–Kier alpha value is -2.31. The molecule has 0 radical (unpaired) electrons. The van der Waals surface area contributed by atoms with Gasteiger partial charge >= 0.3 is 0 Å². The van der Waals surface area contributed by atoms with Crippen molar-refractivity contribution in [3.63, 3.8) is 0 Å². The zero-order chi connectivity index (χ0) is 14.1. The van der Waals surface area contributed by atoms with E-state index in [0.29, 0.717) is 13.1 Å². The van der Waals surface area contributed by atoms with Crippen LogP contribution in [0.15, 0.2) is 6.33 Å². The van der Waals surface area contributed by atoms with E-state index in [0.717, 1.165) is 30.1 Å². The monoisotopic (exact) mass is 272 g/mol. The number of amides is 1.